The zero-order valence-corrected chi connectivity index (χ0v) is 27.5. The first kappa shape index (κ1) is 32.3. The lowest BCUT2D eigenvalue weighted by Crippen LogP contribution is -2.08. The molecule has 5 aromatic rings. The maximum Gasteiger partial charge on any atom is 0.416 e. The van der Waals surface area contributed by atoms with Crippen molar-refractivity contribution in [2.24, 2.45) is 0 Å². The lowest BCUT2D eigenvalue weighted by Gasteiger charge is -2.27. The number of hydrogen-bond acceptors (Lipinski definition) is 1. The smallest absolute Gasteiger partial charge is 0.299 e. The van der Waals surface area contributed by atoms with Gasteiger partial charge in [0.25, 0.3) is 0 Å². The molecule has 0 amide bonds. The van der Waals surface area contributed by atoms with E-state index in [0.29, 0.717) is 11.4 Å². The molecular weight excluding hydrogens is 565 g/mol. The lowest BCUT2D eigenvalue weighted by molar-refractivity contribution is -0.137. The minimum absolute atomic E-state index is 0.279. The maximum atomic E-state index is 13.5. The zero-order chi connectivity index (χ0) is 32.6. The third kappa shape index (κ3) is 6.22. The van der Waals surface area contributed by atoms with Gasteiger partial charge in [0.2, 0.25) is 0 Å². The van der Waals surface area contributed by atoms with Gasteiger partial charge >= 0.3 is 6.18 Å². The van der Waals surface area contributed by atoms with Crippen LogP contribution in [0, 0.1) is 0 Å². The molecule has 0 aliphatic carbocycles. The summed E-state index contributed by atoms with van der Waals surface area (Å²) in [6.07, 6.45) is -0.728. The fourth-order valence-corrected chi connectivity index (χ4v) is 6.44. The van der Waals surface area contributed by atoms with E-state index in [9.17, 15) is 13.2 Å². The molecule has 1 heterocycles. The Balaban J connectivity index is 1.93. The zero-order valence-electron chi connectivity index (χ0n) is 27.5. The van der Waals surface area contributed by atoms with Gasteiger partial charge in [-0.05, 0) is 69.2 Å². The molecule has 1 aromatic heterocycles. The standard InChI is InChI=1S/C40H43F3N2/c1-24(2)30-12-9-13-31(25(3)4)36(30)34-16-11-17-35(37-32(26(5)6)14-10-15-33(37)27(7)8)38(34)45-23-22-44-39(45)28-18-20-29(21-19-28)40(41,42)43/h9-27H,1-8H3. The average Bonchev–Trinajstić information content (AvgIpc) is 3.49. The van der Waals surface area contributed by atoms with Crippen molar-refractivity contribution in [2.75, 3.05) is 0 Å². The lowest BCUT2D eigenvalue weighted by atomic mass is 9.80. The summed E-state index contributed by atoms with van der Waals surface area (Å²) in [5, 5.41) is 0. The summed E-state index contributed by atoms with van der Waals surface area (Å²) in [5.74, 6) is 1.71. The first-order valence-corrected chi connectivity index (χ1v) is 15.9. The second-order valence-electron chi connectivity index (χ2n) is 13.1. The molecule has 2 nitrogen and oxygen atoms in total. The molecule has 0 bridgehead atoms. The second kappa shape index (κ2) is 12.7. The highest BCUT2D eigenvalue weighted by molar-refractivity contribution is 5.91. The van der Waals surface area contributed by atoms with Crippen LogP contribution < -0.4 is 0 Å². The maximum absolute atomic E-state index is 13.5. The molecule has 0 aliphatic rings. The van der Waals surface area contributed by atoms with Crippen molar-refractivity contribution in [3.63, 3.8) is 0 Å². The van der Waals surface area contributed by atoms with Crippen LogP contribution in [0.25, 0.3) is 39.3 Å². The van der Waals surface area contributed by atoms with Crippen molar-refractivity contribution in [1.29, 1.82) is 0 Å². The van der Waals surface area contributed by atoms with Crippen LogP contribution in [0.2, 0.25) is 0 Å². The molecule has 0 saturated carbocycles. The van der Waals surface area contributed by atoms with E-state index in [1.807, 2.05) is 6.20 Å². The van der Waals surface area contributed by atoms with Crippen LogP contribution in [0.5, 0.6) is 0 Å². The van der Waals surface area contributed by atoms with E-state index in [-0.39, 0.29) is 23.7 Å². The van der Waals surface area contributed by atoms with Gasteiger partial charge in [0.05, 0.1) is 11.3 Å². The Kier molecular flexibility index (Phi) is 9.11. The van der Waals surface area contributed by atoms with Gasteiger partial charge in [0, 0.05) is 29.1 Å². The molecule has 0 unspecified atom stereocenters. The van der Waals surface area contributed by atoms with E-state index >= 15 is 0 Å². The van der Waals surface area contributed by atoms with E-state index in [2.05, 4.69) is 115 Å². The molecule has 0 atom stereocenters. The fourth-order valence-electron chi connectivity index (χ4n) is 6.44. The summed E-state index contributed by atoms with van der Waals surface area (Å²) in [5.41, 5.74) is 10.6. The predicted octanol–water partition coefficient (Wildman–Crippen LogP) is 12.4. The first-order chi connectivity index (χ1) is 21.3. The Hall–Kier alpha value is -4.12. The highest BCUT2D eigenvalue weighted by atomic mass is 19.4. The van der Waals surface area contributed by atoms with Crippen LogP contribution in [0.4, 0.5) is 13.2 Å². The van der Waals surface area contributed by atoms with Crippen LogP contribution in [-0.2, 0) is 6.18 Å². The van der Waals surface area contributed by atoms with Crippen molar-refractivity contribution >= 4 is 0 Å². The monoisotopic (exact) mass is 608 g/mol. The summed E-state index contributed by atoms with van der Waals surface area (Å²) >= 11 is 0. The number of para-hydroxylation sites is 1. The molecule has 0 radical (unpaired) electrons. The Morgan fingerprint density at radius 3 is 1.33 bits per heavy atom. The van der Waals surface area contributed by atoms with Gasteiger partial charge in [-0.1, -0.05) is 122 Å². The van der Waals surface area contributed by atoms with Crippen molar-refractivity contribution < 1.29 is 13.2 Å². The molecule has 4 aromatic carbocycles. The molecule has 5 heteroatoms. The Bertz CT molecular complexity index is 1650. The Morgan fingerprint density at radius 1 is 0.556 bits per heavy atom. The highest BCUT2D eigenvalue weighted by Gasteiger charge is 2.30. The van der Waals surface area contributed by atoms with E-state index in [1.54, 1.807) is 6.20 Å². The van der Waals surface area contributed by atoms with E-state index < -0.39 is 11.7 Å². The van der Waals surface area contributed by atoms with Crippen LogP contribution in [0.3, 0.4) is 0 Å². The van der Waals surface area contributed by atoms with Crippen LogP contribution >= 0.6 is 0 Å². The van der Waals surface area contributed by atoms with Crippen molar-refractivity contribution in [3.05, 3.63) is 119 Å². The summed E-state index contributed by atoms with van der Waals surface area (Å²) < 4.78 is 42.5. The van der Waals surface area contributed by atoms with Gasteiger partial charge in [-0.25, -0.2) is 4.98 Å². The van der Waals surface area contributed by atoms with Crippen LogP contribution in [-0.4, -0.2) is 9.55 Å². The SMILES string of the molecule is CC(C)c1cccc(C(C)C)c1-c1cccc(-c2c(C(C)C)cccc2C(C)C)c1-n1ccnc1-c1ccc(C(F)(F)F)cc1. The molecule has 0 N–H and O–H groups in total. The topological polar surface area (TPSA) is 17.8 Å². The Morgan fingerprint density at radius 2 is 0.956 bits per heavy atom. The van der Waals surface area contributed by atoms with Crippen molar-refractivity contribution in [3.8, 4) is 39.3 Å². The van der Waals surface area contributed by atoms with Gasteiger partial charge in [0.15, 0.2) is 0 Å². The number of benzene rings is 4. The molecule has 0 spiro atoms. The number of halogens is 3. The fraction of sp³-hybridized carbons (Fsp3) is 0.325. The van der Waals surface area contributed by atoms with Crippen LogP contribution in [0.1, 0.15) is 107 Å². The number of rotatable bonds is 8. The predicted molar refractivity (Wildman–Crippen MR) is 181 cm³/mol. The molecule has 45 heavy (non-hydrogen) atoms. The van der Waals surface area contributed by atoms with E-state index in [4.69, 9.17) is 4.98 Å². The van der Waals surface area contributed by atoms with Gasteiger partial charge < -0.3 is 0 Å². The van der Waals surface area contributed by atoms with E-state index in [1.165, 1.54) is 45.5 Å². The van der Waals surface area contributed by atoms with Crippen LogP contribution in [0.15, 0.2) is 91.3 Å². The number of nitrogens with zero attached hydrogens (tertiary/aromatic N) is 2. The molecular formula is C40H43F3N2. The third-order valence-corrected chi connectivity index (χ3v) is 8.67. The first-order valence-electron chi connectivity index (χ1n) is 15.9. The normalized spacial score (nSPS) is 12.2. The van der Waals surface area contributed by atoms with Crippen molar-refractivity contribution in [1.82, 2.24) is 9.55 Å². The number of alkyl halides is 3. The molecule has 5 rings (SSSR count). The van der Waals surface area contributed by atoms with E-state index in [0.717, 1.165) is 28.9 Å². The van der Waals surface area contributed by atoms with Gasteiger partial charge in [-0.2, -0.15) is 13.2 Å². The van der Waals surface area contributed by atoms with Gasteiger partial charge in [0.1, 0.15) is 5.82 Å². The Labute approximate surface area is 266 Å². The minimum Gasteiger partial charge on any atom is -0.299 e. The minimum atomic E-state index is -4.41. The summed E-state index contributed by atoms with van der Waals surface area (Å²) in [6.45, 7) is 17.8. The largest absolute Gasteiger partial charge is 0.416 e. The molecule has 0 saturated heterocycles. The van der Waals surface area contributed by atoms with Crippen molar-refractivity contribution in [2.45, 2.75) is 85.2 Å². The summed E-state index contributed by atoms with van der Waals surface area (Å²) in [6, 6.07) is 25.0. The quantitative estimate of drug-likeness (QED) is 0.171. The average molecular weight is 609 g/mol. The number of imidazole rings is 1. The van der Waals surface area contributed by atoms with Gasteiger partial charge in [-0.3, -0.25) is 4.57 Å². The number of hydrogen-bond donors (Lipinski definition) is 0. The summed E-state index contributed by atoms with van der Waals surface area (Å²) in [7, 11) is 0. The van der Waals surface area contributed by atoms with Gasteiger partial charge in [-0.15, -0.1) is 0 Å². The molecule has 0 fully saturated rings. The highest BCUT2D eigenvalue weighted by Crippen LogP contribution is 2.46. The summed E-state index contributed by atoms with van der Waals surface area (Å²) in [4.78, 5) is 4.74. The molecule has 234 valence electrons. The number of aromatic nitrogens is 2. The third-order valence-electron chi connectivity index (χ3n) is 8.67. The molecule has 0 aliphatic heterocycles. The second-order valence-corrected chi connectivity index (χ2v) is 13.1.